The van der Waals surface area contributed by atoms with Crippen LogP contribution in [0.1, 0.15) is 5.56 Å². The molecule has 5 nitrogen and oxygen atoms in total. The number of nitrogens with zero attached hydrogens (tertiary/aromatic N) is 4. The number of aromatic nitrogens is 3. The van der Waals surface area contributed by atoms with E-state index in [1.807, 2.05) is 65.4 Å². The summed E-state index contributed by atoms with van der Waals surface area (Å²) in [5.74, 6) is 1.23. The third kappa shape index (κ3) is 3.05. The number of fused-ring (bicyclic) bond motifs is 1. The molecule has 1 N–H and O–H groups in total. The summed E-state index contributed by atoms with van der Waals surface area (Å²) in [5.41, 5.74) is 2.44. The molecule has 25 heavy (non-hydrogen) atoms. The molecule has 0 amide bonds. The molecule has 0 atom stereocenters. The lowest BCUT2D eigenvalue weighted by molar-refractivity contribution is 1.02. The van der Waals surface area contributed by atoms with E-state index in [1.54, 1.807) is 6.20 Å². The summed E-state index contributed by atoms with van der Waals surface area (Å²) in [7, 11) is 0. The first-order valence-electron chi connectivity index (χ1n) is 7.64. The van der Waals surface area contributed by atoms with Crippen molar-refractivity contribution in [2.24, 2.45) is 0 Å². The SMILES string of the molecule is N#Cc1ccc2ccn(-c3ccnc(Nc4ccc(S)cc4)n3)c2c1. The maximum absolute atomic E-state index is 9.12. The smallest absolute Gasteiger partial charge is 0.229 e. The lowest BCUT2D eigenvalue weighted by Gasteiger charge is -2.08. The van der Waals surface area contributed by atoms with Gasteiger partial charge in [0, 0.05) is 28.4 Å². The van der Waals surface area contributed by atoms with E-state index in [9.17, 15) is 0 Å². The highest BCUT2D eigenvalue weighted by molar-refractivity contribution is 7.80. The summed E-state index contributed by atoms with van der Waals surface area (Å²) in [5, 5.41) is 13.4. The predicted octanol–water partition coefficient (Wildman–Crippen LogP) is 4.32. The number of hydrogen-bond donors (Lipinski definition) is 2. The van der Waals surface area contributed by atoms with Crippen LogP contribution < -0.4 is 5.32 Å². The Morgan fingerprint density at radius 3 is 2.68 bits per heavy atom. The molecular weight excluding hydrogens is 330 g/mol. The molecule has 2 aromatic carbocycles. The van der Waals surface area contributed by atoms with E-state index in [0.717, 1.165) is 27.3 Å². The van der Waals surface area contributed by atoms with Gasteiger partial charge in [-0.05, 0) is 48.5 Å². The molecule has 0 aliphatic carbocycles. The normalized spacial score (nSPS) is 10.6. The van der Waals surface area contributed by atoms with Crippen LogP contribution in [0.3, 0.4) is 0 Å². The van der Waals surface area contributed by atoms with E-state index in [-0.39, 0.29) is 0 Å². The maximum atomic E-state index is 9.12. The zero-order chi connectivity index (χ0) is 17.2. The molecule has 0 fully saturated rings. The number of anilines is 2. The van der Waals surface area contributed by atoms with Crippen molar-refractivity contribution in [3.05, 3.63) is 72.6 Å². The van der Waals surface area contributed by atoms with Crippen LogP contribution in [0, 0.1) is 11.3 Å². The first-order chi connectivity index (χ1) is 12.2. The molecule has 2 heterocycles. The van der Waals surface area contributed by atoms with Crippen LogP contribution in [0.15, 0.2) is 71.9 Å². The number of thiol groups is 1. The molecule has 4 aromatic rings. The summed E-state index contributed by atoms with van der Waals surface area (Å²) in [6.45, 7) is 0. The topological polar surface area (TPSA) is 66.5 Å². The Hall–Kier alpha value is -3.30. The van der Waals surface area contributed by atoms with E-state index in [1.165, 1.54) is 0 Å². The van der Waals surface area contributed by atoms with Crippen molar-refractivity contribution in [3.63, 3.8) is 0 Å². The van der Waals surface area contributed by atoms with Gasteiger partial charge in [0.15, 0.2) is 0 Å². The van der Waals surface area contributed by atoms with Gasteiger partial charge >= 0.3 is 0 Å². The molecule has 0 aliphatic heterocycles. The van der Waals surface area contributed by atoms with Gasteiger partial charge in [-0.25, -0.2) is 4.98 Å². The van der Waals surface area contributed by atoms with Gasteiger partial charge in [0.25, 0.3) is 0 Å². The second-order valence-corrected chi connectivity index (χ2v) is 6.00. The number of rotatable bonds is 3. The van der Waals surface area contributed by atoms with Crippen LogP contribution in [0.5, 0.6) is 0 Å². The minimum atomic E-state index is 0.503. The van der Waals surface area contributed by atoms with Crippen molar-refractivity contribution in [2.45, 2.75) is 4.90 Å². The molecule has 4 rings (SSSR count). The third-order valence-electron chi connectivity index (χ3n) is 3.83. The summed E-state index contributed by atoms with van der Waals surface area (Å²) in [6.07, 6.45) is 3.64. The summed E-state index contributed by atoms with van der Waals surface area (Å²) < 4.78 is 1.94. The maximum Gasteiger partial charge on any atom is 0.229 e. The van der Waals surface area contributed by atoms with Crippen LogP contribution >= 0.6 is 12.6 Å². The van der Waals surface area contributed by atoms with Gasteiger partial charge < -0.3 is 9.88 Å². The van der Waals surface area contributed by atoms with Crippen LogP contribution in [-0.4, -0.2) is 14.5 Å². The average Bonchev–Trinajstić information content (AvgIpc) is 3.07. The number of nitriles is 1. The number of nitrogens with one attached hydrogen (secondary N) is 1. The fourth-order valence-corrected chi connectivity index (χ4v) is 2.76. The Balaban J connectivity index is 1.72. The summed E-state index contributed by atoms with van der Waals surface area (Å²) in [6, 6.07) is 19.2. The molecule has 0 bridgehead atoms. The molecule has 6 heteroatoms. The van der Waals surface area contributed by atoms with Crippen LogP contribution in [0.25, 0.3) is 16.7 Å². The van der Waals surface area contributed by atoms with Gasteiger partial charge in [0.1, 0.15) is 5.82 Å². The first kappa shape index (κ1) is 15.2. The Morgan fingerprint density at radius 1 is 1.04 bits per heavy atom. The fraction of sp³-hybridized carbons (Fsp3) is 0. The van der Waals surface area contributed by atoms with Crippen LogP contribution in [0.2, 0.25) is 0 Å². The summed E-state index contributed by atoms with van der Waals surface area (Å²) >= 11 is 4.28. The molecule has 0 unspecified atom stereocenters. The van der Waals surface area contributed by atoms with Crippen molar-refractivity contribution < 1.29 is 0 Å². The molecule has 0 saturated carbocycles. The van der Waals surface area contributed by atoms with E-state index < -0.39 is 0 Å². The van der Waals surface area contributed by atoms with Gasteiger partial charge in [-0.1, -0.05) is 6.07 Å². The van der Waals surface area contributed by atoms with Crippen molar-refractivity contribution in [1.82, 2.24) is 14.5 Å². The Morgan fingerprint density at radius 2 is 1.88 bits per heavy atom. The highest BCUT2D eigenvalue weighted by atomic mass is 32.1. The predicted molar refractivity (Wildman–Crippen MR) is 101 cm³/mol. The first-order valence-corrected chi connectivity index (χ1v) is 8.08. The molecule has 120 valence electrons. The van der Waals surface area contributed by atoms with E-state index in [0.29, 0.717) is 11.5 Å². The molecule has 0 saturated heterocycles. The largest absolute Gasteiger partial charge is 0.324 e. The van der Waals surface area contributed by atoms with Gasteiger partial charge in [0.05, 0.1) is 17.1 Å². The fourth-order valence-electron chi connectivity index (χ4n) is 2.62. The van der Waals surface area contributed by atoms with Crippen LogP contribution in [-0.2, 0) is 0 Å². The highest BCUT2D eigenvalue weighted by Crippen LogP contribution is 2.22. The highest BCUT2D eigenvalue weighted by Gasteiger charge is 2.07. The quantitative estimate of drug-likeness (QED) is 0.544. The van der Waals surface area contributed by atoms with E-state index >= 15 is 0 Å². The number of benzene rings is 2. The molecule has 0 radical (unpaired) electrons. The zero-order valence-corrected chi connectivity index (χ0v) is 14.0. The zero-order valence-electron chi connectivity index (χ0n) is 13.1. The third-order valence-corrected chi connectivity index (χ3v) is 4.13. The Bertz CT molecular complexity index is 1090. The van der Waals surface area contributed by atoms with Crippen molar-refractivity contribution in [2.75, 3.05) is 5.32 Å². The molecule has 2 aromatic heterocycles. The minimum Gasteiger partial charge on any atom is -0.324 e. The van der Waals surface area contributed by atoms with Crippen molar-refractivity contribution >= 4 is 35.2 Å². The van der Waals surface area contributed by atoms with E-state index in [2.05, 4.69) is 34.0 Å². The summed E-state index contributed by atoms with van der Waals surface area (Å²) in [4.78, 5) is 9.75. The van der Waals surface area contributed by atoms with Crippen molar-refractivity contribution in [3.8, 4) is 11.9 Å². The lowest BCUT2D eigenvalue weighted by atomic mass is 10.2. The minimum absolute atomic E-state index is 0.503. The second-order valence-electron chi connectivity index (χ2n) is 5.48. The van der Waals surface area contributed by atoms with Crippen molar-refractivity contribution in [1.29, 1.82) is 5.26 Å². The van der Waals surface area contributed by atoms with E-state index in [4.69, 9.17) is 5.26 Å². The van der Waals surface area contributed by atoms with Gasteiger partial charge in [-0.15, -0.1) is 12.6 Å². The number of hydrogen-bond acceptors (Lipinski definition) is 5. The Kier molecular flexibility index (Phi) is 3.84. The van der Waals surface area contributed by atoms with Gasteiger partial charge in [0.2, 0.25) is 5.95 Å². The second kappa shape index (κ2) is 6.30. The lowest BCUT2D eigenvalue weighted by Crippen LogP contribution is -2.02. The van der Waals surface area contributed by atoms with Gasteiger partial charge in [-0.2, -0.15) is 10.2 Å². The average molecular weight is 343 g/mol. The molecule has 0 aliphatic rings. The molecular formula is C19H13N5S. The Labute approximate surface area is 150 Å². The monoisotopic (exact) mass is 343 g/mol. The standard InChI is InChI=1S/C19H13N5S/c20-12-13-1-2-14-8-10-24(17(14)11-13)18-7-9-21-19(23-18)22-15-3-5-16(25)6-4-15/h1-11,25H,(H,21,22,23). The van der Waals surface area contributed by atoms with Gasteiger partial charge in [-0.3, -0.25) is 0 Å². The molecule has 0 spiro atoms. The van der Waals surface area contributed by atoms with Crippen LogP contribution in [0.4, 0.5) is 11.6 Å².